The van der Waals surface area contributed by atoms with Gasteiger partial charge in [-0.1, -0.05) is 0 Å². The van der Waals surface area contributed by atoms with Crippen LogP contribution in [0.1, 0.15) is 5.69 Å². The van der Waals surface area contributed by atoms with E-state index in [4.69, 9.17) is 0 Å². The van der Waals surface area contributed by atoms with Gasteiger partial charge in [0, 0.05) is 12.3 Å². The Morgan fingerprint density at radius 2 is 2.11 bits per heavy atom. The summed E-state index contributed by atoms with van der Waals surface area (Å²) in [5, 5.41) is 13.2. The van der Waals surface area contributed by atoms with Crippen LogP contribution in [0.5, 0.6) is 0 Å². The first-order valence-corrected chi connectivity index (χ1v) is 5.20. The van der Waals surface area contributed by atoms with Crippen molar-refractivity contribution in [1.82, 2.24) is 9.97 Å². The van der Waals surface area contributed by atoms with Crippen LogP contribution in [0.15, 0.2) is 30.7 Å². The Morgan fingerprint density at radius 3 is 2.74 bits per heavy atom. The number of aromatic nitrogens is 2. The molecule has 0 unspecified atom stereocenters. The van der Waals surface area contributed by atoms with E-state index < -0.39 is 27.9 Å². The Labute approximate surface area is 106 Å². The van der Waals surface area contributed by atoms with Gasteiger partial charge in [-0.2, -0.15) is 0 Å². The molecule has 2 aromatic rings. The first kappa shape index (κ1) is 12.8. The molecule has 0 aliphatic heterocycles. The van der Waals surface area contributed by atoms with Gasteiger partial charge in [-0.05, 0) is 12.1 Å². The largest absolute Gasteiger partial charge is 0.371 e. The van der Waals surface area contributed by atoms with Crippen molar-refractivity contribution >= 4 is 11.4 Å². The van der Waals surface area contributed by atoms with E-state index in [9.17, 15) is 18.9 Å². The SMILES string of the molecule is O=[N+]([O-])c1ccc(F)c(F)c1NCc1ccncn1. The molecular weight excluding hydrogens is 258 g/mol. The third-order valence-electron chi connectivity index (χ3n) is 2.36. The van der Waals surface area contributed by atoms with Crippen LogP contribution < -0.4 is 5.32 Å². The fourth-order valence-corrected chi connectivity index (χ4v) is 1.46. The molecule has 0 saturated heterocycles. The molecule has 0 aliphatic rings. The molecule has 1 heterocycles. The van der Waals surface area contributed by atoms with E-state index in [1.54, 1.807) is 6.07 Å². The second-order valence-corrected chi connectivity index (χ2v) is 3.57. The van der Waals surface area contributed by atoms with E-state index in [1.807, 2.05) is 0 Å². The van der Waals surface area contributed by atoms with E-state index >= 15 is 0 Å². The number of hydrogen-bond acceptors (Lipinski definition) is 5. The predicted octanol–water partition coefficient (Wildman–Crippen LogP) is 2.28. The average Bonchev–Trinajstić information content (AvgIpc) is 2.41. The second-order valence-electron chi connectivity index (χ2n) is 3.57. The molecule has 0 bridgehead atoms. The van der Waals surface area contributed by atoms with Crippen molar-refractivity contribution < 1.29 is 13.7 Å². The lowest BCUT2D eigenvalue weighted by Gasteiger charge is -2.08. The van der Waals surface area contributed by atoms with E-state index in [-0.39, 0.29) is 6.54 Å². The highest BCUT2D eigenvalue weighted by molar-refractivity contribution is 5.62. The highest BCUT2D eigenvalue weighted by Crippen LogP contribution is 2.29. The zero-order valence-corrected chi connectivity index (χ0v) is 9.51. The van der Waals surface area contributed by atoms with E-state index in [0.717, 1.165) is 6.07 Å². The molecule has 0 fully saturated rings. The van der Waals surface area contributed by atoms with E-state index in [0.29, 0.717) is 11.8 Å². The average molecular weight is 266 g/mol. The van der Waals surface area contributed by atoms with Crippen LogP contribution in [-0.4, -0.2) is 14.9 Å². The predicted molar refractivity (Wildman–Crippen MR) is 62.4 cm³/mol. The van der Waals surface area contributed by atoms with Crippen molar-refractivity contribution in [2.24, 2.45) is 0 Å². The Morgan fingerprint density at radius 1 is 1.32 bits per heavy atom. The van der Waals surface area contributed by atoms with Crippen molar-refractivity contribution in [2.45, 2.75) is 6.54 Å². The van der Waals surface area contributed by atoms with Crippen LogP contribution in [0, 0.1) is 21.7 Å². The molecule has 1 N–H and O–H groups in total. The molecule has 2 rings (SSSR count). The van der Waals surface area contributed by atoms with Crippen LogP contribution >= 0.6 is 0 Å². The normalized spacial score (nSPS) is 10.2. The van der Waals surface area contributed by atoms with Crippen LogP contribution in [0.4, 0.5) is 20.2 Å². The van der Waals surface area contributed by atoms with Crippen molar-refractivity contribution in [3.05, 3.63) is 58.2 Å². The Hall–Kier alpha value is -2.64. The Kier molecular flexibility index (Phi) is 3.60. The van der Waals surface area contributed by atoms with Gasteiger partial charge in [0.15, 0.2) is 17.3 Å². The first-order chi connectivity index (χ1) is 9.09. The fourth-order valence-electron chi connectivity index (χ4n) is 1.46. The molecule has 0 aliphatic carbocycles. The van der Waals surface area contributed by atoms with Gasteiger partial charge >= 0.3 is 0 Å². The van der Waals surface area contributed by atoms with Crippen LogP contribution in [0.3, 0.4) is 0 Å². The summed E-state index contributed by atoms with van der Waals surface area (Å²) in [7, 11) is 0. The molecule has 98 valence electrons. The van der Waals surface area contributed by atoms with Gasteiger partial charge < -0.3 is 5.32 Å². The van der Waals surface area contributed by atoms with E-state index in [1.165, 1.54) is 12.5 Å². The van der Waals surface area contributed by atoms with Gasteiger partial charge in [0.25, 0.3) is 5.69 Å². The van der Waals surface area contributed by atoms with Crippen LogP contribution in [0.2, 0.25) is 0 Å². The van der Waals surface area contributed by atoms with Crippen molar-refractivity contribution in [3.63, 3.8) is 0 Å². The number of nitro groups is 1. The number of hydrogen-bond donors (Lipinski definition) is 1. The third-order valence-corrected chi connectivity index (χ3v) is 2.36. The molecule has 1 aromatic heterocycles. The second kappa shape index (κ2) is 5.34. The van der Waals surface area contributed by atoms with E-state index in [2.05, 4.69) is 15.3 Å². The Balaban J connectivity index is 2.28. The van der Waals surface area contributed by atoms with Gasteiger partial charge in [-0.3, -0.25) is 10.1 Å². The highest BCUT2D eigenvalue weighted by Gasteiger charge is 2.21. The molecule has 0 saturated carbocycles. The molecular formula is C11H8F2N4O2. The summed E-state index contributed by atoms with van der Waals surface area (Å²) >= 11 is 0. The van der Waals surface area contributed by atoms with Gasteiger partial charge in [0.05, 0.1) is 17.2 Å². The van der Waals surface area contributed by atoms with Crippen molar-refractivity contribution in [2.75, 3.05) is 5.32 Å². The zero-order chi connectivity index (χ0) is 13.8. The number of anilines is 1. The summed E-state index contributed by atoms with van der Waals surface area (Å²) in [6, 6.07) is 3.17. The van der Waals surface area contributed by atoms with Gasteiger partial charge in [-0.25, -0.2) is 18.7 Å². The summed E-state index contributed by atoms with van der Waals surface area (Å²) in [6.45, 7) is 0.0176. The summed E-state index contributed by atoms with van der Waals surface area (Å²) in [6.07, 6.45) is 2.76. The summed E-state index contributed by atoms with van der Waals surface area (Å²) < 4.78 is 26.6. The Bertz CT molecular complexity index is 607. The summed E-state index contributed by atoms with van der Waals surface area (Å²) in [4.78, 5) is 17.5. The number of rotatable bonds is 4. The smallest absolute Gasteiger partial charge is 0.295 e. The lowest BCUT2D eigenvalue weighted by molar-refractivity contribution is -0.384. The summed E-state index contributed by atoms with van der Waals surface area (Å²) in [5.74, 6) is -2.45. The third kappa shape index (κ3) is 2.79. The molecule has 1 aromatic carbocycles. The molecule has 6 nitrogen and oxygen atoms in total. The molecule has 0 spiro atoms. The quantitative estimate of drug-likeness (QED) is 0.678. The standard InChI is InChI=1S/C11H8F2N4O2/c12-8-1-2-9(17(18)19)11(10(8)13)15-5-7-3-4-14-6-16-7/h1-4,6,15H,5H2. The fraction of sp³-hybridized carbons (Fsp3) is 0.0909. The topological polar surface area (TPSA) is 81.0 Å². The molecule has 0 amide bonds. The minimum atomic E-state index is -1.29. The highest BCUT2D eigenvalue weighted by atomic mass is 19.2. The minimum absolute atomic E-state index is 0.0176. The van der Waals surface area contributed by atoms with Crippen LogP contribution in [-0.2, 0) is 6.54 Å². The van der Waals surface area contributed by atoms with Gasteiger partial charge in [0.1, 0.15) is 6.33 Å². The zero-order valence-electron chi connectivity index (χ0n) is 9.51. The number of halogens is 2. The van der Waals surface area contributed by atoms with Crippen molar-refractivity contribution in [1.29, 1.82) is 0 Å². The van der Waals surface area contributed by atoms with Gasteiger partial charge in [-0.15, -0.1) is 0 Å². The number of benzene rings is 1. The van der Waals surface area contributed by atoms with Gasteiger partial charge in [0.2, 0.25) is 0 Å². The first-order valence-electron chi connectivity index (χ1n) is 5.20. The molecule has 0 radical (unpaired) electrons. The number of nitrogens with zero attached hydrogens (tertiary/aromatic N) is 3. The summed E-state index contributed by atoms with van der Waals surface area (Å²) in [5.41, 5.74) is -0.537. The molecule has 19 heavy (non-hydrogen) atoms. The lowest BCUT2D eigenvalue weighted by atomic mass is 10.2. The number of nitrogens with one attached hydrogen (secondary N) is 1. The monoisotopic (exact) mass is 266 g/mol. The molecule has 8 heteroatoms. The van der Waals surface area contributed by atoms with Crippen LogP contribution in [0.25, 0.3) is 0 Å². The maximum atomic E-state index is 13.6. The maximum Gasteiger partial charge on any atom is 0.295 e. The molecule has 0 atom stereocenters. The minimum Gasteiger partial charge on any atom is -0.371 e. The maximum absolute atomic E-state index is 13.6. The lowest BCUT2D eigenvalue weighted by Crippen LogP contribution is -2.07. The van der Waals surface area contributed by atoms with Crippen molar-refractivity contribution in [3.8, 4) is 0 Å². The number of nitro benzene ring substituents is 1.